The summed E-state index contributed by atoms with van der Waals surface area (Å²) in [5.74, 6) is 0.364. The number of rotatable bonds is 5. The molecule has 0 unspecified atom stereocenters. The number of hydrogen-bond acceptors (Lipinski definition) is 3. The van der Waals surface area contributed by atoms with Gasteiger partial charge in [-0.05, 0) is 24.6 Å². The van der Waals surface area contributed by atoms with Crippen LogP contribution in [0.5, 0.6) is 5.75 Å². The predicted molar refractivity (Wildman–Crippen MR) is 78.7 cm³/mol. The summed E-state index contributed by atoms with van der Waals surface area (Å²) in [6.45, 7) is 1.68. The van der Waals surface area contributed by atoms with Crippen LogP contribution in [0.2, 0.25) is 0 Å². The van der Waals surface area contributed by atoms with Crippen LogP contribution < -0.4 is 10.2 Å². The maximum Gasteiger partial charge on any atom is 0.280 e. The van der Waals surface area contributed by atoms with Gasteiger partial charge in [-0.2, -0.15) is 5.10 Å². The van der Waals surface area contributed by atoms with Crippen molar-refractivity contribution >= 4 is 12.1 Å². The van der Waals surface area contributed by atoms with E-state index >= 15 is 0 Å². The number of carbonyl (C=O) groups excluding carboxylic acids is 1. The van der Waals surface area contributed by atoms with Gasteiger partial charge in [-0.15, -0.1) is 0 Å². The topological polar surface area (TPSA) is 50.7 Å². The van der Waals surface area contributed by atoms with Gasteiger partial charge in [0.1, 0.15) is 5.75 Å². The van der Waals surface area contributed by atoms with Crippen LogP contribution in [0.4, 0.5) is 0 Å². The van der Waals surface area contributed by atoms with Gasteiger partial charge in [0.15, 0.2) is 6.10 Å². The molecule has 0 heterocycles. The molecule has 0 aliphatic heterocycles. The third kappa shape index (κ3) is 4.24. The van der Waals surface area contributed by atoms with E-state index in [-0.39, 0.29) is 5.91 Å². The summed E-state index contributed by atoms with van der Waals surface area (Å²) in [5, 5.41) is 3.90. The quantitative estimate of drug-likeness (QED) is 0.669. The molecule has 0 saturated heterocycles. The van der Waals surface area contributed by atoms with Crippen LogP contribution in [0.15, 0.2) is 65.8 Å². The lowest BCUT2D eigenvalue weighted by Crippen LogP contribution is -2.33. The first-order valence-electron chi connectivity index (χ1n) is 6.35. The molecule has 0 aliphatic rings. The Morgan fingerprint density at radius 1 is 1.10 bits per heavy atom. The molecular weight excluding hydrogens is 252 g/mol. The first-order chi connectivity index (χ1) is 9.75. The maximum atomic E-state index is 11.8. The third-order valence-electron chi connectivity index (χ3n) is 2.61. The fourth-order valence-corrected chi connectivity index (χ4v) is 1.56. The number of benzene rings is 2. The lowest BCUT2D eigenvalue weighted by molar-refractivity contribution is -0.127. The van der Waals surface area contributed by atoms with Gasteiger partial charge in [-0.1, -0.05) is 48.5 Å². The molecule has 1 N–H and O–H groups in total. The van der Waals surface area contributed by atoms with Crippen molar-refractivity contribution in [2.75, 3.05) is 0 Å². The molecule has 20 heavy (non-hydrogen) atoms. The number of nitrogens with one attached hydrogen (secondary N) is 1. The van der Waals surface area contributed by atoms with Crippen LogP contribution in [-0.4, -0.2) is 18.2 Å². The first kappa shape index (κ1) is 13.8. The molecular formula is C16H16N2O2. The van der Waals surface area contributed by atoms with E-state index in [1.165, 1.54) is 0 Å². The highest BCUT2D eigenvalue weighted by Gasteiger charge is 2.13. The van der Waals surface area contributed by atoms with Gasteiger partial charge in [-0.25, -0.2) is 5.43 Å². The van der Waals surface area contributed by atoms with Crippen LogP contribution in [-0.2, 0) is 4.79 Å². The minimum Gasteiger partial charge on any atom is -0.481 e. The Morgan fingerprint density at radius 3 is 2.35 bits per heavy atom. The zero-order chi connectivity index (χ0) is 14.2. The Balaban J connectivity index is 1.84. The normalized spacial score (nSPS) is 12.1. The number of amides is 1. The molecule has 0 spiro atoms. The van der Waals surface area contributed by atoms with Crippen molar-refractivity contribution in [1.82, 2.24) is 5.43 Å². The number of ether oxygens (including phenoxy) is 1. The first-order valence-corrected chi connectivity index (χ1v) is 6.35. The Kier molecular flexibility index (Phi) is 4.89. The number of para-hydroxylation sites is 1. The van der Waals surface area contributed by atoms with Crippen LogP contribution in [0.3, 0.4) is 0 Å². The zero-order valence-corrected chi connectivity index (χ0v) is 11.2. The van der Waals surface area contributed by atoms with Crippen LogP contribution in [0, 0.1) is 0 Å². The van der Waals surface area contributed by atoms with Gasteiger partial charge < -0.3 is 4.74 Å². The van der Waals surface area contributed by atoms with Crippen molar-refractivity contribution in [3.05, 3.63) is 66.2 Å². The maximum absolute atomic E-state index is 11.8. The summed E-state index contributed by atoms with van der Waals surface area (Å²) in [4.78, 5) is 11.8. The van der Waals surface area contributed by atoms with Gasteiger partial charge >= 0.3 is 0 Å². The Morgan fingerprint density at radius 2 is 1.70 bits per heavy atom. The highest BCUT2D eigenvalue weighted by Crippen LogP contribution is 2.10. The molecule has 1 amide bonds. The van der Waals surface area contributed by atoms with E-state index < -0.39 is 6.10 Å². The molecule has 2 rings (SSSR count). The van der Waals surface area contributed by atoms with Crippen molar-refractivity contribution in [2.24, 2.45) is 5.10 Å². The molecule has 2 aromatic carbocycles. The minimum absolute atomic E-state index is 0.291. The summed E-state index contributed by atoms with van der Waals surface area (Å²) >= 11 is 0. The van der Waals surface area contributed by atoms with Gasteiger partial charge in [0.05, 0.1) is 6.21 Å². The second-order valence-electron chi connectivity index (χ2n) is 4.22. The Labute approximate surface area is 118 Å². The second-order valence-corrected chi connectivity index (χ2v) is 4.22. The summed E-state index contributed by atoms with van der Waals surface area (Å²) in [7, 11) is 0. The van der Waals surface area contributed by atoms with Crippen molar-refractivity contribution in [3.63, 3.8) is 0 Å². The number of carbonyl (C=O) groups is 1. The number of hydrogen-bond donors (Lipinski definition) is 1. The molecule has 0 aromatic heterocycles. The predicted octanol–water partition coefficient (Wildman–Crippen LogP) is 2.60. The van der Waals surface area contributed by atoms with Crippen LogP contribution >= 0.6 is 0 Å². The Hall–Kier alpha value is -2.62. The van der Waals surface area contributed by atoms with E-state index in [4.69, 9.17) is 4.74 Å². The van der Waals surface area contributed by atoms with Crippen LogP contribution in [0.25, 0.3) is 0 Å². The average Bonchev–Trinajstić information content (AvgIpc) is 2.49. The van der Waals surface area contributed by atoms with E-state index in [0.717, 1.165) is 5.56 Å². The van der Waals surface area contributed by atoms with E-state index in [1.807, 2.05) is 48.5 Å². The second kappa shape index (κ2) is 7.09. The van der Waals surface area contributed by atoms with E-state index in [9.17, 15) is 4.79 Å². The van der Waals surface area contributed by atoms with E-state index in [1.54, 1.807) is 25.3 Å². The van der Waals surface area contributed by atoms with Crippen molar-refractivity contribution in [2.45, 2.75) is 13.0 Å². The van der Waals surface area contributed by atoms with Gasteiger partial charge in [0.2, 0.25) is 0 Å². The fraction of sp³-hybridized carbons (Fsp3) is 0.125. The molecule has 0 radical (unpaired) electrons. The summed E-state index contributed by atoms with van der Waals surface area (Å²) < 4.78 is 5.49. The largest absolute Gasteiger partial charge is 0.481 e. The van der Waals surface area contributed by atoms with Gasteiger partial charge in [0, 0.05) is 0 Å². The van der Waals surface area contributed by atoms with Crippen molar-refractivity contribution in [1.29, 1.82) is 0 Å². The third-order valence-corrected chi connectivity index (χ3v) is 2.61. The SMILES string of the molecule is C[C@H](Oc1ccccc1)C(=O)N/N=C\c1ccccc1. The molecule has 4 nitrogen and oxygen atoms in total. The molecule has 2 aromatic rings. The lowest BCUT2D eigenvalue weighted by atomic mass is 10.2. The van der Waals surface area contributed by atoms with E-state index in [0.29, 0.717) is 5.75 Å². The molecule has 0 bridgehead atoms. The van der Waals surface area contributed by atoms with Crippen molar-refractivity contribution in [3.8, 4) is 5.75 Å². The lowest BCUT2D eigenvalue weighted by Gasteiger charge is -2.12. The van der Waals surface area contributed by atoms with Crippen molar-refractivity contribution < 1.29 is 9.53 Å². The highest BCUT2D eigenvalue weighted by molar-refractivity contribution is 5.84. The molecule has 0 saturated carbocycles. The molecule has 4 heteroatoms. The smallest absolute Gasteiger partial charge is 0.280 e. The Bertz CT molecular complexity index is 568. The average molecular weight is 268 g/mol. The number of nitrogens with zero attached hydrogens (tertiary/aromatic N) is 1. The summed E-state index contributed by atoms with van der Waals surface area (Å²) in [5.41, 5.74) is 3.38. The van der Waals surface area contributed by atoms with E-state index in [2.05, 4.69) is 10.5 Å². The molecule has 0 aliphatic carbocycles. The zero-order valence-electron chi connectivity index (χ0n) is 11.2. The minimum atomic E-state index is -0.606. The van der Waals surface area contributed by atoms with Gasteiger partial charge in [-0.3, -0.25) is 4.79 Å². The monoisotopic (exact) mass is 268 g/mol. The fourth-order valence-electron chi connectivity index (χ4n) is 1.56. The van der Waals surface area contributed by atoms with Crippen LogP contribution in [0.1, 0.15) is 12.5 Å². The summed E-state index contributed by atoms with van der Waals surface area (Å²) in [6.07, 6.45) is 0.984. The van der Waals surface area contributed by atoms with Gasteiger partial charge in [0.25, 0.3) is 5.91 Å². The number of hydrazone groups is 1. The molecule has 0 fully saturated rings. The molecule has 102 valence electrons. The molecule has 1 atom stereocenters. The highest BCUT2D eigenvalue weighted by atomic mass is 16.5. The standard InChI is InChI=1S/C16H16N2O2/c1-13(20-15-10-6-3-7-11-15)16(19)18-17-12-14-8-4-2-5-9-14/h2-13H,1H3,(H,18,19)/b17-12-/t13-/m0/s1. The summed E-state index contributed by atoms with van der Waals surface area (Å²) in [6, 6.07) is 18.7.